The summed E-state index contributed by atoms with van der Waals surface area (Å²) in [5.74, 6) is 0.140. The minimum absolute atomic E-state index is 0.0444. The molecule has 0 saturated heterocycles. The fourth-order valence-electron chi connectivity index (χ4n) is 3.15. The smallest absolute Gasteiger partial charge is 0.214 e. The maximum absolute atomic E-state index is 13.4. The number of Topliss-reactive ketones (excluding diaryl/α,β-unsaturated/α-hetero) is 1. The highest BCUT2D eigenvalue weighted by Crippen LogP contribution is 2.39. The lowest BCUT2D eigenvalue weighted by molar-refractivity contribution is 0.101. The van der Waals surface area contributed by atoms with Crippen LogP contribution in [-0.2, 0) is 6.54 Å². The summed E-state index contributed by atoms with van der Waals surface area (Å²) in [5.41, 5.74) is 1.09. The monoisotopic (exact) mass is 521 g/mol. The highest BCUT2D eigenvalue weighted by Gasteiger charge is 2.28. The minimum Gasteiger partial charge on any atom is -0.496 e. The Bertz CT molecular complexity index is 1190. The first-order valence-corrected chi connectivity index (χ1v) is 10.6. The van der Waals surface area contributed by atoms with Crippen LogP contribution in [0.25, 0.3) is 0 Å². The molecule has 0 bridgehead atoms. The number of methoxy groups -OCH3 is 2. The topological polar surface area (TPSA) is 57.5 Å². The van der Waals surface area contributed by atoms with Crippen molar-refractivity contribution in [3.8, 4) is 11.5 Å². The molecular formula is C23H18BrCl2NO4. The van der Waals surface area contributed by atoms with Gasteiger partial charge in [-0.1, -0.05) is 54.0 Å². The van der Waals surface area contributed by atoms with Gasteiger partial charge < -0.3 is 14.0 Å². The van der Waals surface area contributed by atoms with Gasteiger partial charge in [0.2, 0.25) is 5.78 Å². The number of hydrogen-bond donors (Lipinski definition) is 0. The van der Waals surface area contributed by atoms with Gasteiger partial charge in [-0.2, -0.15) is 0 Å². The third-order valence-electron chi connectivity index (χ3n) is 4.68. The molecule has 0 amide bonds. The number of nitrogens with zero attached hydrogens (tertiary/aromatic N) is 1. The van der Waals surface area contributed by atoms with E-state index >= 15 is 0 Å². The summed E-state index contributed by atoms with van der Waals surface area (Å²) in [6.07, 6.45) is 0. The third kappa shape index (κ3) is 4.42. The van der Waals surface area contributed by atoms with Gasteiger partial charge in [0, 0.05) is 5.57 Å². The fraction of sp³-hybridized carbons (Fsp3) is 0.130. The number of para-hydroxylation sites is 2. The second-order valence-corrected chi connectivity index (χ2v) is 8.04. The molecule has 0 radical (unpaired) electrons. The zero-order valence-corrected chi connectivity index (χ0v) is 19.8. The molecule has 0 spiro atoms. The van der Waals surface area contributed by atoms with Crippen molar-refractivity contribution in [2.24, 2.45) is 0 Å². The predicted octanol–water partition coefficient (Wildman–Crippen LogP) is 6.24. The van der Waals surface area contributed by atoms with Gasteiger partial charge in [0.15, 0.2) is 5.78 Å². The zero-order chi connectivity index (χ0) is 22.7. The molecule has 160 valence electrons. The number of aromatic nitrogens is 1. The van der Waals surface area contributed by atoms with E-state index in [1.165, 1.54) is 18.8 Å². The number of halogens is 3. The Labute approximate surface area is 198 Å². The van der Waals surface area contributed by atoms with Crippen LogP contribution in [0.3, 0.4) is 0 Å². The number of benzene rings is 2. The Morgan fingerprint density at radius 1 is 0.968 bits per heavy atom. The van der Waals surface area contributed by atoms with Gasteiger partial charge >= 0.3 is 0 Å². The lowest BCUT2D eigenvalue weighted by Gasteiger charge is -2.14. The zero-order valence-electron chi connectivity index (χ0n) is 16.7. The fourth-order valence-corrected chi connectivity index (χ4v) is 4.27. The van der Waals surface area contributed by atoms with Crippen molar-refractivity contribution in [3.05, 3.63) is 92.2 Å². The maximum atomic E-state index is 13.4. The van der Waals surface area contributed by atoms with Crippen molar-refractivity contribution < 1.29 is 19.1 Å². The van der Waals surface area contributed by atoms with Crippen LogP contribution in [-0.4, -0.2) is 30.4 Å². The van der Waals surface area contributed by atoms with Crippen LogP contribution in [0.1, 0.15) is 26.4 Å². The summed E-state index contributed by atoms with van der Waals surface area (Å²) >= 11 is 16.1. The molecule has 0 aliphatic rings. The normalized spacial score (nSPS) is 10.6. The predicted molar refractivity (Wildman–Crippen MR) is 125 cm³/mol. The van der Waals surface area contributed by atoms with Crippen LogP contribution in [0.15, 0.2) is 65.2 Å². The summed E-state index contributed by atoms with van der Waals surface area (Å²) < 4.78 is 12.4. The largest absolute Gasteiger partial charge is 0.496 e. The standard InChI is InChI=1S/C23H18BrCl2NO4/c1-13(21(28)14-8-4-6-10-16(14)30-2)12-27-20(18(24)19(25)23(27)26)22(29)15-9-5-7-11-17(15)31-3/h4-11H,1,12H2,2-3H3. The van der Waals surface area contributed by atoms with E-state index in [0.29, 0.717) is 27.1 Å². The molecule has 1 heterocycles. The summed E-state index contributed by atoms with van der Waals surface area (Å²) in [4.78, 5) is 26.4. The molecule has 31 heavy (non-hydrogen) atoms. The molecule has 3 rings (SSSR count). The van der Waals surface area contributed by atoms with Crippen LogP contribution in [0.5, 0.6) is 11.5 Å². The molecule has 0 aliphatic heterocycles. The summed E-state index contributed by atoms with van der Waals surface area (Å²) in [5, 5.41) is 0.276. The van der Waals surface area contributed by atoms with Crippen molar-refractivity contribution in [2.45, 2.75) is 6.54 Å². The Kier molecular flexibility index (Phi) is 7.26. The third-order valence-corrected chi connectivity index (χ3v) is 6.54. The Morgan fingerprint density at radius 3 is 2.06 bits per heavy atom. The molecule has 0 atom stereocenters. The molecule has 2 aromatic carbocycles. The molecule has 0 saturated carbocycles. The molecular weight excluding hydrogens is 505 g/mol. The van der Waals surface area contributed by atoms with Gasteiger partial charge in [-0.3, -0.25) is 9.59 Å². The van der Waals surface area contributed by atoms with Crippen molar-refractivity contribution in [3.63, 3.8) is 0 Å². The minimum atomic E-state index is -0.365. The van der Waals surface area contributed by atoms with E-state index in [1.807, 2.05) is 0 Å². The number of carbonyl (C=O) groups excluding carboxylic acids is 2. The molecule has 5 nitrogen and oxygen atoms in total. The number of carbonyl (C=O) groups is 2. The first-order chi connectivity index (χ1) is 14.8. The van der Waals surface area contributed by atoms with Crippen LogP contribution in [0.2, 0.25) is 10.2 Å². The van der Waals surface area contributed by atoms with E-state index < -0.39 is 0 Å². The Morgan fingerprint density at radius 2 is 1.48 bits per heavy atom. The average molecular weight is 523 g/mol. The van der Waals surface area contributed by atoms with E-state index in [4.69, 9.17) is 32.7 Å². The van der Waals surface area contributed by atoms with Crippen molar-refractivity contribution in [1.82, 2.24) is 4.57 Å². The number of ketones is 2. The Hall–Kier alpha value is -2.54. The van der Waals surface area contributed by atoms with E-state index in [9.17, 15) is 9.59 Å². The summed E-state index contributed by atoms with van der Waals surface area (Å²) in [6, 6.07) is 13.6. The molecule has 0 fully saturated rings. The van der Waals surface area contributed by atoms with Crippen molar-refractivity contribution >= 4 is 50.7 Å². The van der Waals surface area contributed by atoms with Gasteiger partial charge in [0.05, 0.1) is 41.4 Å². The van der Waals surface area contributed by atoms with Gasteiger partial charge in [-0.25, -0.2) is 0 Å². The van der Waals surface area contributed by atoms with Crippen molar-refractivity contribution in [2.75, 3.05) is 14.2 Å². The Balaban J connectivity index is 2.03. The SMILES string of the molecule is C=C(Cn1c(Cl)c(Cl)c(Br)c1C(=O)c1ccccc1OC)C(=O)c1ccccc1OC. The second kappa shape index (κ2) is 9.73. The first kappa shape index (κ1) is 23.1. The molecule has 0 aliphatic carbocycles. The van der Waals surface area contributed by atoms with Gasteiger partial charge in [0.25, 0.3) is 0 Å². The van der Waals surface area contributed by atoms with Gasteiger partial charge in [0.1, 0.15) is 22.3 Å². The molecule has 8 heteroatoms. The van der Waals surface area contributed by atoms with Gasteiger partial charge in [-0.05, 0) is 40.2 Å². The highest BCUT2D eigenvalue weighted by atomic mass is 79.9. The van der Waals surface area contributed by atoms with Crippen LogP contribution < -0.4 is 9.47 Å². The van der Waals surface area contributed by atoms with Crippen LogP contribution in [0, 0.1) is 0 Å². The van der Waals surface area contributed by atoms with E-state index in [-0.39, 0.29) is 39.6 Å². The molecule has 0 N–H and O–H groups in total. The average Bonchev–Trinajstić information content (AvgIpc) is 3.01. The van der Waals surface area contributed by atoms with Crippen molar-refractivity contribution in [1.29, 1.82) is 0 Å². The lowest BCUT2D eigenvalue weighted by atomic mass is 10.0. The number of hydrogen-bond acceptors (Lipinski definition) is 4. The van der Waals surface area contributed by atoms with Crippen LogP contribution in [0.4, 0.5) is 0 Å². The first-order valence-electron chi connectivity index (χ1n) is 9.08. The molecule has 1 aromatic heterocycles. The molecule has 0 unspecified atom stereocenters. The summed E-state index contributed by atoms with van der Waals surface area (Å²) in [6.45, 7) is 3.87. The number of allylic oxidation sites excluding steroid dienone is 1. The lowest BCUT2D eigenvalue weighted by Crippen LogP contribution is -2.16. The van der Waals surface area contributed by atoms with E-state index in [1.54, 1.807) is 48.5 Å². The highest BCUT2D eigenvalue weighted by molar-refractivity contribution is 9.10. The quantitative estimate of drug-likeness (QED) is 0.259. The number of rotatable bonds is 8. The summed E-state index contributed by atoms with van der Waals surface area (Å²) in [7, 11) is 2.96. The van der Waals surface area contributed by atoms with E-state index in [2.05, 4.69) is 22.5 Å². The maximum Gasteiger partial charge on any atom is 0.214 e. The van der Waals surface area contributed by atoms with Crippen LogP contribution >= 0.6 is 39.1 Å². The van der Waals surface area contributed by atoms with E-state index in [0.717, 1.165) is 0 Å². The second-order valence-electron chi connectivity index (χ2n) is 6.52. The number of ether oxygens (including phenoxy) is 2. The van der Waals surface area contributed by atoms with Gasteiger partial charge in [-0.15, -0.1) is 0 Å². The molecule has 3 aromatic rings.